The number of hydrogen-bond donors (Lipinski definition) is 1. The summed E-state index contributed by atoms with van der Waals surface area (Å²) in [6, 6.07) is 2.60. The highest BCUT2D eigenvalue weighted by Gasteiger charge is 2.13. The summed E-state index contributed by atoms with van der Waals surface area (Å²) in [7, 11) is 1.26. The third-order valence-corrected chi connectivity index (χ3v) is 2.29. The molecular formula is C14H14O3. The molecule has 2 rings (SSSR count). The molecule has 0 aromatic heterocycles. The Labute approximate surface area is 109 Å². The Morgan fingerprint density at radius 3 is 3.00 bits per heavy atom. The van der Waals surface area contributed by atoms with Crippen LogP contribution in [0, 0.1) is 0 Å². The third-order valence-electron chi connectivity index (χ3n) is 2.29. The van der Waals surface area contributed by atoms with E-state index in [9.17, 15) is 9.90 Å². The third kappa shape index (κ3) is 2.23. The molecule has 0 radical (unpaired) electrons. The minimum Gasteiger partial charge on any atom is -0.497 e. The highest BCUT2D eigenvalue weighted by Crippen LogP contribution is 2.25. The highest BCUT2D eigenvalue weighted by molar-refractivity contribution is 5.86. The minimum absolute atomic E-state index is 0.0189. The molecule has 0 fully saturated rings. The first-order valence-corrected chi connectivity index (χ1v) is 4.78. The zero-order chi connectivity index (χ0) is 18.4. The summed E-state index contributed by atoms with van der Waals surface area (Å²) in [5, 5.41) is 9.49. The zero-order valence-corrected chi connectivity index (χ0v) is 9.00. The predicted molar refractivity (Wildman–Crippen MR) is 66.6 cm³/mol. The van der Waals surface area contributed by atoms with Gasteiger partial charge in [0.25, 0.3) is 0 Å². The van der Waals surface area contributed by atoms with Crippen LogP contribution < -0.4 is 4.74 Å². The van der Waals surface area contributed by atoms with Gasteiger partial charge in [0, 0.05) is 5.48 Å². The number of carboxylic acid groups (broad SMARTS) is 1. The van der Waals surface area contributed by atoms with Crippen LogP contribution in [0.4, 0.5) is 0 Å². The monoisotopic (exact) mass is 237 g/mol. The van der Waals surface area contributed by atoms with Gasteiger partial charge in [0.15, 0.2) is 0 Å². The second-order valence-electron chi connectivity index (χ2n) is 3.35. The number of rotatable bonds is 3. The molecule has 0 aliphatic carbocycles. The lowest BCUT2D eigenvalue weighted by Gasteiger charge is -2.08. The molecule has 3 heteroatoms. The Bertz CT molecular complexity index is 831. The van der Waals surface area contributed by atoms with E-state index in [1.54, 1.807) is 0 Å². The number of carbonyl (C=O) groups is 1. The van der Waals surface area contributed by atoms with Gasteiger partial charge in [-0.05, 0) is 35.3 Å². The van der Waals surface area contributed by atoms with Crippen molar-refractivity contribution in [1.29, 1.82) is 0 Å². The van der Waals surface area contributed by atoms with Gasteiger partial charge in [-0.1, -0.05) is 24.2 Å². The molecule has 2 aromatic rings. The topological polar surface area (TPSA) is 46.5 Å². The largest absolute Gasteiger partial charge is 0.497 e. The van der Waals surface area contributed by atoms with Gasteiger partial charge in [0.1, 0.15) is 5.75 Å². The van der Waals surface area contributed by atoms with E-state index in [2.05, 4.69) is 0 Å². The Hall–Kier alpha value is -2.03. The van der Waals surface area contributed by atoms with Crippen LogP contribution in [0.1, 0.15) is 27.9 Å². The van der Waals surface area contributed by atoms with E-state index in [1.165, 1.54) is 13.2 Å². The van der Waals surface area contributed by atoms with Crippen molar-refractivity contribution in [2.24, 2.45) is 0 Å². The lowest BCUT2D eigenvalue weighted by atomic mass is 9.98. The van der Waals surface area contributed by atoms with Crippen molar-refractivity contribution < 1.29 is 24.2 Å². The number of aliphatic carboxylic acids is 1. The molecule has 1 unspecified atom stereocenters. The van der Waals surface area contributed by atoms with Crippen LogP contribution in [-0.4, -0.2) is 18.2 Å². The first kappa shape index (κ1) is 5.54. The molecule has 1 atom stereocenters. The van der Waals surface area contributed by atoms with Crippen molar-refractivity contribution in [3.05, 3.63) is 41.9 Å². The molecule has 0 bridgehead atoms. The Balaban J connectivity index is 2.86. The fourth-order valence-electron chi connectivity index (χ4n) is 1.42. The first-order chi connectivity index (χ1) is 11.0. The van der Waals surface area contributed by atoms with Gasteiger partial charge in [0.05, 0.1) is 17.1 Å². The molecule has 2 aromatic carbocycles. The van der Waals surface area contributed by atoms with Gasteiger partial charge in [-0.3, -0.25) is 4.79 Å². The van der Waals surface area contributed by atoms with Crippen molar-refractivity contribution >= 4 is 16.7 Å². The van der Waals surface area contributed by atoms with Crippen LogP contribution in [0.2, 0.25) is 0 Å². The number of ether oxygens (including phenoxy) is 1. The van der Waals surface area contributed by atoms with Crippen molar-refractivity contribution in [2.75, 3.05) is 7.11 Å². The molecule has 88 valence electrons. The van der Waals surface area contributed by atoms with Gasteiger partial charge in [-0.2, -0.15) is 0 Å². The molecule has 0 amide bonds. The van der Waals surface area contributed by atoms with Gasteiger partial charge >= 0.3 is 5.97 Å². The van der Waals surface area contributed by atoms with Gasteiger partial charge in [0.2, 0.25) is 0 Å². The predicted octanol–water partition coefficient (Wildman–Crippen LogP) is 3.04. The number of benzene rings is 2. The van der Waals surface area contributed by atoms with Gasteiger partial charge in [-0.15, -0.1) is 0 Å². The molecule has 0 spiro atoms. The van der Waals surface area contributed by atoms with Crippen molar-refractivity contribution in [3.63, 3.8) is 0 Å². The highest BCUT2D eigenvalue weighted by atomic mass is 16.5. The maximum atomic E-state index is 11.4. The molecule has 17 heavy (non-hydrogen) atoms. The zero-order valence-electron chi connectivity index (χ0n) is 16.0. The smallest absolute Gasteiger partial charge is 0.310 e. The van der Waals surface area contributed by atoms with E-state index in [0.717, 1.165) is 12.1 Å². The Morgan fingerprint density at radius 2 is 2.35 bits per heavy atom. The van der Waals surface area contributed by atoms with E-state index < -0.39 is 18.7 Å². The van der Waals surface area contributed by atoms with Crippen molar-refractivity contribution in [3.8, 4) is 5.75 Å². The normalized spacial score (nSPS) is 20.9. The summed E-state index contributed by atoms with van der Waals surface area (Å²) in [6.45, 7) is -3.14. The number of carboxylic acids is 1. The van der Waals surface area contributed by atoms with E-state index in [-0.39, 0.29) is 40.2 Å². The number of hydrogen-bond acceptors (Lipinski definition) is 2. The molecule has 0 saturated heterocycles. The van der Waals surface area contributed by atoms with Crippen LogP contribution in [0.5, 0.6) is 5.75 Å². The summed E-state index contributed by atoms with van der Waals surface area (Å²) in [5.74, 6) is -4.87. The summed E-state index contributed by atoms with van der Waals surface area (Å²) in [6.07, 6.45) is 0. The summed E-state index contributed by atoms with van der Waals surface area (Å²) in [4.78, 5) is 11.4. The number of methoxy groups -OCH3 is 1. The summed E-state index contributed by atoms with van der Waals surface area (Å²) in [5.41, 5.74) is -0.347. The second kappa shape index (κ2) is 4.45. The fraction of sp³-hybridized carbons (Fsp3) is 0.214. The van der Waals surface area contributed by atoms with E-state index in [0.29, 0.717) is 0 Å². The van der Waals surface area contributed by atoms with E-state index in [4.69, 9.17) is 14.3 Å². The summed E-state index contributed by atoms with van der Waals surface area (Å²) >= 11 is 0. The van der Waals surface area contributed by atoms with Gasteiger partial charge in [-0.25, -0.2) is 0 Å². The minimum atomic E-state index is -3.14. The van der Waals surface area contributed by atoms with Crippen LogP contribution >= 0.6 is 0 Å². The van der Waals surface area contributed by atoms with Crippen molar-refractivity contribution in [1.82, 2.24) is 0 Å². The van der Waals surface area contributed by atoms with Crippen molar-refractivity contribution in [2.45, 2.75) is 12.7 Å². The molecule has 0 saturated carbocycles. The average molecular weight is 237 g/mol. The van der Waals surface area contributed by atoms with Crippen LogP contribution in [-0.2, 0) is 4.79 Å². The lowest BCUT2D eigenvalue weighted by molar-refractivity contribution is -0.138. The fourth-order valence-corrected chi connectivity index (χ4v) is 1.42. The average Bonchev–Trinajstić information content (AvgIpc) is 2.50. The van der Waals surface area contributed by atoms with Crippen LogP contribution in [0.15, 0.2) is 36.3 Å². The molecule has 0 heterocycles. The molecular weight excluding hydrogens is 216 g/mol. The second-order valence-corrected chi connectivity index (χ2v) is 3.35. The van der Waals surface area contributed by atoms with Gasteiger partial charge < -0.3 is 9.84 Å². The molecule has 3 nitrogen and oxygen atoms in total. The lowest BCUT2D eigenvalue weighted by Crippen LogP contribution is -2.06. The Kier molecular flexibility index (Phi) is 1.45. The molecule has 0 aliphatic heterocycles. The van der Waals surface area contributed by atoms with Crippen LogP contribution in [0.3, 0.4) is 0 Å². The SMILES string of the molecule is [2H]c1c(OC)c([2H])c2ccc(C([2H])(C(=O)O)C([2H])([2H])[2H])cc2c1[2H]. The first-order valence-electron chi connectivity index (χ1n) is 8.28. The maximum Gasteiger partial charge on any atom is 0.310 e. The molecule has 1 N–H and O–H groups in total. The van der Waals surface area contributed by atoms with E-state index >= 15 is 0 Å². The number of fused-ring (bicyclic) bond motifs is 1. The maximum absolute atomic E-state index is 11.4. The quantitative estimate of drug-likeness (QED) is 0.892. The summed E-state index contributed by atoms with van der Waals surface area (Å²) < 4.78 is 58.9. The van der Waals surface area contributed by atoms with Crippen LogP contribution in [0.25, 0.3) is 10.8 Å². The Morgan fingerprint density at radius 1 is 1.53 bits per heavy atom. The molecule has 0 aliphatic rings. The standard InChI is InChI=1S/C14H14O3/c1-9(14(15)16)10-3-4-12-8-13(17-2)6-5-11(12)7-10/h3-9H,1-2H3,(H,15,16)/i1D3,5D,6D,8D,9D. The van der Waals surface area contributed by atoms with E-state index in [1.807, 2.05) is 0 Å².